The summed E-state index contributed by atoms with van der Waals surface area (Å²) in [5.74, 6) is 0. The third-order valence-electron chi connectivity index (χ3n) is 4.13. The molecule has 23 heavy (non-hydrogen) atoms. The second-order valence-corrected chi connectivity index (χ2v) is 6.18. The van der Waals surface area contributed by atoms with Crippen molar-refractivity contribution in [2.45, 2.75) is 52.7 Å². The van der Waals surface area contributed by atoms with Crippen molar-refractivity contribution in [3.63, 3.8) is 0 Å². The van der Waals surface area contributed by atoms with Crippen molar-refractivity contribution >= 4 is 6.03 Å². The number of pyridine rings is 1. The first-order chi connectivity index (χ1) is 11.0. The molecule has 0 aromatic carbocycles. The maximum absolute atomic E-state index is 12.3. The lowest BCUT2D eigenvalue weighted by molar-refractivity contribution is 0.0100. The fourth-order valence-electron chi connectivity index (χ4n) is 2.92. The number of carbonyl (C=O) groups is 1. The molecule has 0 bridgehead atoms. The largest absolute Gasteiger partial charge is 0.376 e. The van der Waals surface area contributed by atoms with Gasteiger partial charge in [-0.3, -0.25) is 4.79 Å². The van der Waals surface area contributed by atoms with Crippen LogP contribution < -0.4 is 10.9 Å². The summed E-state index contributed by atoms with van der Waals surface area (Å²) >= 11 is 0. The van der Waals surface area contributed by atoms with Gasteiger partial charge >= 0.3 is 6.03 Å². The van der Waals surface area contributed by atoms with E-state index in [0.717, 1.165) is 43.7 Å². The number of aryl methyl sites for hydroxylation is 2. The highest BCUT2D eigenvalue weighted by Gasteiger charge is 2.24. The molecule has 2 rings (SSSR count). The number of nitrogens with one attached hydrogen (secondary N) is 2. The fraction of sp³-hybridized carbons (Fsp3) is 0.647. The molecular formula is C17H27N3O3. The van der Waals surface area contributed by atoms with Crippen molar-refractivity contribution < 1.29 is 9.53 Å². The van der Waals surface area contributed by atoms with Gasteiger partial charge in [-0.25, -0.2) is 4.79 Å². The van der Waals surface area contributed by atoms with Gasteiger partial charge in [-0.1, -0.05) is 6.92 Å². The fourth-order valence-corrected chi connectivity index (χ4v) is 2.92. The molecule has 1 aromatic rings. The number of piperidine rings is 1. The molecular weight excluding hydrogens is 294 g/mol. The van der Waals surface area contributed by atoms with Crippen LogP contribution in [0.15, 0.2) is 10.9 Å². The summed E-state index contributed by atoms with van der Waals surface area (Å²) in [7, 11) is 0. The Morgan fingerprint density at radius 2 is 2.26 bits per heavy atom. The summed E-state index contributed by atoms with van der Waals surface area (Å²) in [4.78, 5) is 28.9. The van der Waals surface area contributed by atoms with Crippen molar-refractivity contribution in [3.05, 3.63) is 33.2 Å². The Morgan fingerprint density at radius 3 is 2.96 bits per heavy atom. The van der Waals surface area contributed by atoms with Crippen LogP contribution in [-0.2, 0) is 11.3 Å². The number of H-pyrrole nitrogens is 1. The monoisotopic (exact) mass is 321 g/mol. The third kappa shape index (κ3) is 4.82. The number of amides is 2. The summed E-state index contributed by atoms with van der Waals surface area (Å²) < 4.78 is 5.75. The smallest absolute Gasteiger partial charge is 0.317 e. The highest BCUT2D eigenvalue weighted by molar-refractivity contribution is 5.74. The minimum Gasteiger partial charge on any atom is -0.376 e. The number of nitrogens with zero attached hydrogens (tertiary/aromatic N) is 1. The normalized spacial score (nSPS) is 18.0. The lowest BCUT2D eigenvalue weighted by Gasteiger charge is -2.32. The standard InChI is InChI=1S/C17H27N3O3/c1-4-8-23-14-6-5-7-20(11-14)17(22)18-10-15-12(2)9-13(3)19-16(15)21/h9,14H,4-8,10-11H2,1-3H3,(H,18,22)(H,19,21)/t14-/m1/s1. The van der Waals surface area contributed by atoms with Crippen molar-refractivity contribution in [1.82, 2.24) is 15.2 Å². The average Bonchev–Trinajstić information content (AvgIpc) is 2.52. The number of carbonyl (C=O) groups excluding carboxylic acids is 1. The van der Waals surface area contributed by atoms with Crippen LogP contribution in [0.25, 0.3) is 0 Å². The average molecular weight is 321 g/mol. The molecule has 0 aliphatic carbocycles. The molecule has 0 saturated carbocycles. The molecule has 1 fully saturated rings. The van der Waals surface area contributed by atoms with Gasteiger partial charge in [-0.05, 0) is 44.7 Å². The molecule has 1 aliphatic heterocycles. The van der Waals surface area contributed by atoms with Crippen LogP contribution in [0.5, 0.6) is 0 Å². The lowest BCUT2D eigenvalue weighted by Crippen LogP contribution is -2.48. The van der Waals surface area contributed by atoms with Gasteiger partial charge in [0.1, 0.15) is 0 Å². The molecule has 0 radical (unpaired) electrons. The highest BCUT2D eigenvalue weighted by atomic mass is 16.5. The van der Waals surface area contributed by atoms with Crippen LogP contribution in [0, 0.1) is 13.8 Å². The van der Waals surface area contributed by atoms with Crippen LogP contribution >= 0.6 is 0 Å². The van der Waals surface area contributed by atoms with E-state index in [-0.39, 0.29) is 24.2 Å². The minimum absolute atomic E-state index is 0.124. The van der Waals surface area contributed by atoms with Gasteiger partial charge in [-0.15, -0.1) is 0 Å². The van der Waals surface area contributed by atoms with E-state index in [1.54, 1.807) is 4.90 Å². The second kappa shape index (κ2) is 8.15. The number of aromatic nitrogens is 1. The van der Waals surface area contributed by atoms with Crippen LogP contribution in [-0.4, -0.2) is 41.7 Å². The third-order valence-corrected chi connectivity index (χ3v) is 4.13. The summed E-state index contributed by atoms with van der Waals surface area (Å²) in [6.45, 7) is 8.15. The van der Waals surface area contributed by atoms with Crippen molar-refractivity contribution in [2.75, 3.05) is 19.7 Å². The molecule has 2 heterocycles. The van der Waals surface area contributed by atoms with E-state index in [9.17, 15) is 9.59 Å². The molecule has 6 nitrogen and oxygen atoms in total. The van der Waals surface area contributed by atoms with Crippen LogP contribution in [0.2, 0.25) is 0 Å². The Labute approximate surface area is 137 Å². The summed E-state index contributed by atoms with van der Waals surface area (Å²) in [5, 5.41) is 2.86. The van der Waals surface area contributed by atoms with E-state index in [2.05, 4.69) is 17.2 Å². The molecule has 2 N–H and O–H groups in total. The van der Waals surface area contributed by atoms with E-state index >= 15 is 0 Å². The molecule has 1 atom stereocenters. The first-order valence-electron chi connectivity index (χ1n) is 8.35. The van der Waals surface area contributed by atoms with Crippen molar-refractivity contribution in [1.29, 1.82) is 0 Å². The molecule has 1 saturated heterocycles. The Bertz CT molecular complexity index is 597. The second-order valence-electron chi connectivity index (χ2n) is 6.18. The van der Waals surface area contributed by atoms with Crippen molar-refractivity contribution in [2.24, 2.45) is 0 Å². The van der Waals surface area contributed by atoms with Crippen LogP contribution in [0.3, 0.4) is 0 Å². The SMILES string of the molecule is CCCO[C@@H]1CCCN(C(=O)NCc2c(C)cc(C)[nH]c2=O)C1. The molecule has 1 aliphatic rings. The maximum Gasteiger partial charge on any atom is 0.317 e. The zero-order valence-electron chi connectivity index (χ0n) is 14.3. The molecule has 2 amide bonds. The zero-order chi connectivity index (χ0) is 16.8. The number of likely N-dealkylation sites (tertiary alicyclic amines) is 1. The minimum atomic E-state index is -0.134. The summed E-state index contributed by atoms with van der Waals surface area (Å²) in [6.07, 6.45) is 3.06. The van der Waals surface area contributed by atoms with E-state index < -0.39 is 0 Å². The molecule has 128 valence electrons. The van der Waals surface area contributed by atoms with Gasteiger partial charge in [0.15, 0.2) is 0 Å². The molecule has 6 heteroatoms. The van der Waals surface area contributed by atoms with Gasteiger partial charge in [0.25, 0.3) is 5.56 Å². The topological polar surface area (TPSA) is 74.4 Å². The van der Waals surface area contributed by atoms with Gasteiger partial charge in [-0.2, -0.15) is 0 Å². The van der Waals surface area contributed by atoms with E-state index in [4.69, 9.17) is 4.74 Å². The molecule has 1 aromatic heterocycles. The zero-order valence-corrected chi connectivity index (χ0v) is 14.3. The lowest BCUT2D eigenvalue weighted by atomic mass is 10.1. The Balaban J connectivity index is 1.91. The Kier molecular flexibility index (Phi) is 6.21. The maximum atomic E-state index is 12.3. The van der Waals surface area contributed by atoms with Gasteiger partial charge in [0, 0.05) is 31.0 Å². The first-order valence-corrected chi connectivity index (χ1v) is 8.35. The van der Waals surface area contributed by atoms with Gasteiger partial charge < -0.3 is 19.9 Å². The predicted octanol–water partition coefficient (Wildman–Crippen LogP) is 2.09. The van der Waals surface area contributed by atoms with Crippen molar-refractivity contribution in [3.8, 4) is 0 Å². The summed E-state index contributed by atoms with van der Waals surface area (Å²) in [5.41, 5.74) is 2.20. The van der Waals surface area contributed by atoms with Gasteiger partial charge in [0.2, 0.25) is 0 Å². The van der Waals surface area contributed by atoms with Crippen LogP contribution in [0.1, 0.15) is 43.0 Å². The number of aromatic amines is 1. The van der Waals surface area contributed by atoms with Gasteiger partial charge in [0.05, 0.1) is 12.6 Å². The Hall–Kier alpha value is -1.82. The summed E-state index contributed by atoms with van der Waals surface area (Å²) in [6, 6.07) is 1.78. The predicted molar refractivity (Wildman–Crippen MR) is 89.6 cm³/mol. The highest BCUT2D eigenvalue weighted by Crippen LogP contribution is 2.14. The number of rotatable bonds is 5. The number of ether oxygens (including phenoxy) is 1. The van der Waals surface area contributed by atoms with Crippen LogP contribution in [0.4, 0.5) is 4.79 Å². The number of urea groups is 1. The van der Waals surface area contributed by atoms with E-state index in [0.29, 0.717) is 12.1 Å². The number of hydrogen-bond acceptors (Lipinski definition) is 3. The Morgan fingerprint density at radius 1 is 1.48 bits per heavy atom. The molecule has 0 unspecified atom stereocenters. The van der Waals surface area contributed by atoms with E-state index in [1.165, 1.54) is 0 Å². The quantitative estimate of drug-likeness (QED) is 0.872. The van der Waals surface area contributed by atoms with E-state index in [1.807, 2.05) is 19.9 Å². The molecule has 0 spiro atoms. The first kappa shape index (κ1) is 17.5. The number of hydrogen-bond donors (Lipinski definition) is 2.